The van der Waals surface area contributed by atoms with Gasteiger partial charge in [-0.1, -0.05) is 44.2 Å². The number of hydrogen-bond acceptors (Lipinski definition) is 2. The topological polar surface area (TPSA) is 18.5 Å². The molecule has 100 valence electrons. The average molecular weight is 248 g/mol. The van der Waals surface area contributed by atoms with Gasteiger partial charge in [0, 0.05) is 18.9 Å². The van der Waals surface area contributed by atoms with Crippen LogP contribution in [0.15, 0.2) is 30.3 Å². The van der Waals surface area contributed by atoms with Gasteiger partial charge in [0.2, 0.25) is 0 Å². The molecule has 0 N–H and O–H groups in total. The summed E-state index contributed by atoms with van der Waals surface area (Å²) in [5.41, 5.74) is 1.37. The van der Waals surface area contributed by atoms with Crippen LogP contribution in [-0.4, -0.2) is 25.9 Å². The van der Waals surface area contributed by atoms with Crippen LogP contribution in [0.3, 0.4) is 0 Å². The van der Waals surface area contributed by atoms with Crippen LogP contribution in [0, 0.1) is 5.92 Å². The number of rotatable bonds is 5. The lowest BCUT2D eigenvalue weighted by Gasteiger charge is -2.34. The van der Waals surface area contributed by atoms with Crippen molar-refractivity contribution in [1.29, 1.82) is 0 Å². The molecule has 1 fully saturated rings. The maximum atomic E-state index is 6.19. The lowest BCUT2D eigenvalue weighted by Crippen LogP contribution is -2.38. The van der Waals surface area contributed by atoms with Gasteiger partial charge >= 0.3 is 0 Å². The third-order valence-electron chi connectivity index (χ3n) is 4.48. The molecule has 1 aromatic rings. The predicted octanol–water partition coefficient (Wildman–Crippen LogP) is 3.62. The van der Waals surface area contributed by atoms with Crippen LogP contribution in [0.4, 0.5) is 0 Å². The van der Waals surface area contributed by atoms with Gasteiger partial charge in [0.15, 0.2) is 0 Å². The smallest absolute Gasteiger partial charge is 0.0734 e. The molecule has 0 amide bonds. The maximum Gasteiger partial charge on any atom is 0.0734 e. The Morgan fingerprint density at radius 3 is 2.44 bits per heavy atom. The van der Waals surface area contributed by atoms with E-state index in [9.17, 15) is 0 Å². The summed E-state index contributed by atoms with van der Waals surface area (Å²) in [4.78, 5) is 0. The van der Waals surface area contributed by atoms with Crippen molar-refractivity contribution in [3.63, 3.8) is 0 Å². The first kappa shape index (κ1) is 13.6. The molecule has 2 rings (SSSR count). The molecule has 0 saturated carbocycles. The highest BCUT2D eigenvalue weighted by Gasteiger charge is 2.47. The summed E-state index contributed by atoms with van der Waals surface area (Å²) in [7, 11) is 1.79. The summed E-state index contributed by atoms with van der Waals surface area (Å²) in [5.74, 6) is 0.922. The van der Waals surface area contributed by atoms with Gasteiger partial charge in [0.25, 0.3) is 0 Å². The molecule has 2 nitrogen and oxygen atoms in total. The largest absolute Gasteiger partial charge is 0.384 e. The average Bonchev–Trinajstić information content (AvgIpc) is 2.80. The van der Waals surface area contributed by atoms with Gasteiger partial charge < -0.3 is 9.47 Å². The molecule has 0 aliphatic carbocycles. The van der Waals surface area contributed by atoms with Crippen molar-refractivity contribution >= 4 is 0 Å². The summed E-state index contributed by atoms with van der Waals surface area (Å²) in [6.07, 6.45) is 2.11. The fourth-order valence-electron chi connectivity index (χ4n) is 3.30. The zero-order valence-electron chi connectivity index (χ0n) is 11.7. The normalized spacial score (nSPS) is 26.4. The third kappa shape index (κ3) is 2.32. The van der Waals surface area contributed by atoms with Crippen LogP contribution >= 0.6 is 0 Å². The molecule has 1 saturated heterocycles. The van der Waals surface area contributed by atoms with E-state index < -0.39 is 0 Å². The van der Waals surface area contributed by atoms with E-state index in [1.807, 2.05) is 0 Å². The molecular formula is C16H24O2. The van der Waals surface area contributed by atoms with Crippen LogP contribution < -0.4 is 0 Å². The minimum atomic E-state index is -0.00345. The summed E-state index contributed by atoms with van der Waals surface area (Å²) in [6.45, 7) is 6.04. The van der Waals surface area contributed by atoms with Gasteiger partial charge in [-0.15, -0.1) is 0 Å². The van der Waals surface area contributed by atoms with Crippen molar-refractivity contribution in [2.45, 2.75) is 38.2 Å². The first-order chi connectivity index (χ1) is 8.77. The van der Waals surface area contributed by atoms with E-state index in [2.05, 4.69) is 44.2 Å². The second-order valence-electron chi connectivity index (χ2n) is 5.16. The van der Waals surface area contributed by atoms with E-state index in [1.165, 1.54) is 5.56 Å². The van der Waals surface area contributed by atoms with Crippen molar-refractivity contribution in [3.05, 3.63) is 35.9 Å². The zero-order valence-corrected chi connectivity index (χ0v) is 11.7. The van der Waals surface area contributed by atoms with E-state index in [4.69, 9.17) is 9.47 Å². The fourth-order valence-corrected chi connectivity index (χ4v) is 3.30. The van der Waals surface area contributed by atoms with Gasteiger partial charge in [-0.2, -0.15) is 0 Å². The van der Waals surface area contributed by atoms with Crippen LogP contribution in [0.1, 0.15) is 38.2 Å². The monoisotopic (exact) mass is 248 g/mol. The lowest BCUT2D eigenvalue weighted by molar-refractivity contribution is -0.0449. The number of benzene rings is 1. The minimum Gasteiger partial charge on any atom is -0.384 e. The Morgan fingerprint density at radius 1 is 1.22 bits per heavy atom. The molecule has 0 bridgehead atoms. The second kappa shape index (κ2) is 5.85. The Bertz CT molecular complexity index is 357. The van der Waals surface area contributed by atoms with Gasteiger partial charge in [-0.05, 0) is 18.4 Å². The summed E-state index contributed by atoms with van der Waals surface area (Å²) >= 11 is 0. The molecule has 0 aromatic heterocycles. The lowest BCUT2D eigenvalue weighted by atomic mass is 9.76. The van der Waals surface area contributed by atoms with Crippen molar-refractivity contribution in [2.24, 2.45) is 5.92 Å². The Hall–Kier alpha value is -0.860. The van der Waals surface area contributed by atoms with E-state index in [1.54, 1.807) is 7.11 Å². The van der Waals surface area contributed by atoms with Crippen LogP contribution in [-0.2, 0) is 9.47 Å². The molecule has 2 atom stereocenters. The second-order valence-corrected chi connectivity index (χ2v) is 5.16. The Kier molecular flexibility index (Phi) is 4.41. The molecule has 0 spiro atoms. The number of hydrogen-bond donors (Lipinski definition) is 0. The third-order valence-corrected chi connectivity index (χ3v) is 4.48. The van der Waals surface area contributed by atoms with Crippen molar-refractivity contribution in [1.82, 2.24) is 0 Å². The van der Waals surface area contributed by atoms with Gasteiger partial charge in [0.05, 0.1) is 18.8 Å². The first-order valence-electron chi connectivity index (χ1n) is 6.95. The summed E-state index contributed by atoms with van der Waals surface area (Å²) < 4.78 is 11.6. The van der Waals surface area contributed by atoms with E-state index in [-0.39, 0.29) is 5.60 Å². The van der Waals surface area contributed by atoms with Crippen LogP contribution in [0.5, 0.6) is 0 Å². The highest BCUT2D eigenvalue weighted by Crippen LogP contribution is 2.45. The fraction of sp³-hybridized carbons (Fsp3) is 0.625. The van der Waals surface area contributed by atoms with E-state index in [0.29, 0.717) is 11.8 Å². The van der Waals surface area contributed by atoms with Gasteiger partial charge in [0.1, 0.15) is 0 Å². The molecule has 1 heterocycles. The molecule has 2 heteroatoms. The SMILES string of the molecule is CCC1(CC)OCC(c2ccccc2)C1COC. The van der Waals surface area contributed by atoms with E-state index in [0.717, 1.165) is 26.1 Å². The highest BCUT2D eigenvalue weighted by molar-refractivity contribution is 5.23. The highest BCUT2D eigenvalue weighted by atomic mass is 16.5. The van der Waals surface area contributed by atoms with Gasteiger partial charge in [-0.3, -0.25) is 0 Å². The van der Waals surface area contributed by atoms with Gasteiger partial charge in [-0.25, -0.2) is 0 Å². The van der Waals surface area contributed by atoms with Crippen LogP contribution in [0.25, 0.3) is 0 Å². The van der Waals surface area contributed by atoms with Crippen molar-refractivity contribution < 1.29 is 9.47 Å². The molecule has 1 aliphatic rings. The molecule has 0 radical (unpaired) electrons. The standard InChI is InChI=1S/C16H24O2/c1-4-16(5-2)15(12-17-3)14(11-18-16)13-9-7-6-8-10-13/h6-10,14-15H,4-5,11-12H2,1-3H3. The molecule has 1 aromatic carbocycles. The van der Waals surface area contributed by atoms with Crippen LogP contribution in [0.2, 0.25) is 0 Å². The van der Waals surface area contributed by atoms with E-state index >= 15 is 0 Å². The summed E-state index contributed by atoms with van der Waals surface area (Å²) in [6, 6.07) is 10.7. The number of ether oxygens (including phenoxy) is 2. The Labute approximate surface area is 110 Å². The number of methoxy groups -OCH3 is 1. The predicted molar refractivity (Wildman–Crippen MR) is 73.8 cm³/mol. The zero-order chi connectivity index (χ0) is 13.0. The van der Waals surface area contributed by atoms with Crippen molar-refractivity contribution in [3.8, 4) is 0 Å². The molecule has 1 aliphatic heterocycles. The molecule has 18 heavy (non-hydrogen) atoms. The quantitative estimate of drug-likeness (QED) is 0.792. The Balaban J connectivity index is 2.27. The maximum absolute atomic E-state index is 6.19. The molecular weight excluding hydrogens is 224 g/mol. The molecule has 2 unspecified atom stereocenters. The minimum absolute atomic E-state index is 0.00345. The Morgan fingerprint density at radius 2 is 1.89 bits per heavy atom. The van der Waals surface area contributed by atoms with Crippen molar-refractivity contribution in [2.75, 3.05) is 20.3 Å². The first-order valence-corrected chi connectivity index (χ1v) is 6.95. The summed E-state index contributed by atoms with van der Waals surface area (Å²) in [5, 5.41) is 0.